The molecule has 0 fully saturated rings. The molecule has 1 amide bonds. The fourth-order valence-electron chi connectivity index (χ4n) is 2.50. The number of nitrogens with zero attached hydrogens (tertiary/aromatic N) is 3. The minimum Gasteiger partial charge on any atom is -0.285 e. The van der Waals surface area contributed by atoms with Gasteiger partial charge in [-0.05, 0) is 29.8 Å². The van der Waals surface area contributed by atoms with Gasteiger partial charge in [0.15, 0.2) is 5.17 Å². The molecule has 0 unspecified atom stereocenters. The van der Waals surface area contributed by atoms with Gasteiger partial charge < -0.3 is 0 Å². The Morgan fingerprint density at radius 2 is 1.96 bits per heavy atom. The zero-order chi connectivity index (χ0) is 19.6. The van der Waals surface area contributed by atoms with Crippen LogP contribution in [-0.4, -0.2) is 34.0 Å². The van der Waals surface area contributed by atoms with Crippen LogP contribution >= 0.6 is 46.6 Å². The summed E-state index contributed by atoms with van der Waals surface area (Å²) in [7, 11) is 0. The average Bonchev–Trinajstić information content (AvgIpc) is 3.10. The Kier molecular flexibility index (Phi) is 6.26. The van der Waals surface area contributed by atoms with Crippen LogP contribution in [0, 0.1) is 10.1 Å². The van der Waals surface area contributed by atoms with E-state index >= 15 is 0 Å². The topological polar surface area (TPSA) is 75.8 Å². The molecule has 1 aliphatic heterocycles. The summed E-state index contributed by atoms with van der Waals surface area (Å²) in [5, 5.41) is 12.9. The van der Waals surface area contributed by atoms with Crippen LogP contribution in [0.5, 0.6) is 0 Å². The summed E-state index contributed by atoms with van der Waals surface area (Å²) in [5.41, 5.74) is 0.576. The van der Waals surface area contributed by atoms with E-state index in [1.54, 1.807) is 12.1 Å². The van der Waals surface area contributed by atoms with Gasteiger partial charge in [0.1, 0.15) is 5.56 Å². The lowest BCUT2D eigenvalue weighted by Crippen LogP contribution is -2.33. The number of carbonyl (C=O) groups excluding carboxylic acids is 1. The van der Waals surface area contributed by atoms with Gasteiger partial charge in [-0.25, -0.2) is 0 Å². The maximum atomic E-state index is 12.9. The predicted octanol–water partition coefficient (Wildman–Crippen LogP) is 5.30. The minimum absolute atomic E-state index is 0.0581. The van der Waals surface area contributed by atoms with E-state index in [1.807, 2.05) is 6.07 Å². The predicted molar refractivity (Wildman–Crippen MR) is 109 cm³/mol. The molecule has 140 valence electrons. The van der Waals surface area contributed by atoms with E-state index in [0.29, 0.717) is 34.1 Å². The Morgan fingerprint density at radius 3 is 2.67 bits per heavy atom. The number of nitro benzene ring substituents is 1. The molecule has 0 aliphatic carbocycles. The van der Waals surface area contributed by atoms with Crippen molar-refractivity contribution in [3.05, 3.63) is 72.7 Å². The molecule has 10 heteroatoms. The van der Waals surface area contributed by atoms with Crippen molar-refractivity contribution in [3.8, 4) is 0 Å². The molecule has 27 heavy (non-hydrogen) atoms. The van der Waals surface area contributed by atoms with Gasteiger partial charge in [-0.2, -0.15) is 0 Å². The number of amidine groups is 1. The van der Waals surface area contributed by atoms with E-state index in [2.05, 4.69) is 4.99 Å². The van der Waals surface area contributed by atoms with E-state index in [9.17, 15) is 14.9 Å². The number of thioether (sulfide) groups is 1. The smallest absolute Gasteiger partial charge is 0.282 e. The van der Waals surface area contributed by atoms with E-state index in [-0.39, 0.29) is 16.3 Å². The van der Waals surface area contributed by atoms with E-state index in [4.69, 9.17) is 34.8 Å². The molecular formula is C17H12Cl3N3O3S. The van der Waals surface area contributed by atoms with E-state index in [0.717, 1.165) is 5.56 Å². The first kappa shape index (κ1) is 19.9. The maximum Gasteiger partial charge on any atom is 0.282 e. The Morgan fingerprint density at radius 1 is 1.19 bits per heavy atom. The highest BCUT2D eigenvalue weighted by atomic mass is 35.5. The molecule has 0 radical (unpaired) electrons. The van der Waals surface area contributed by atoms with Gasteiger partial charge in [-0.15, -0.1) is 0 Å². The van der Waals surface area contributed by atoms with Crippen molar-refractivity contribution in [2.24, 2.45) is 4.99 Å². The lowest BCUT2D eigenvalue weighted by atomic mass is 10.1. The third-order valence-corrected chi connectivity index (χ3v) is 5.84. The third-order valence-electron chi connectivity index (χ3n) is 3.78. The van der Waals surface area contributed by atoms with Gasteiger partial charge in [-0.3, -0.25) is 24.8 Å². The van der Waals surface area contributed by atoms with Gasteiger partial charge >= 0.3 is 0 Å². The zero-order valence-corrected chi connectivity index (χ0v) is 16.8. The number of nitro groups is 1. The highest BCUT2D eigenvalue weighted by Crippen LogP contribution is 2.29. The highest BCUT2D eigenvalue weighted by molar-refractivity contribution is 8.13. The number of hydrogen-bond acceptors (Lipinski definition) is 5. The van der Waals surface area contributed by atoms with Crippen LogP contribution in [0.3, 0.4) is 0 Å². The number of carbonyl (C=O) groups is 1. The molecular weight excluding hydrogens is 433 g/mol. The summed E-state index contributed by atoms with van der Waals surface area (Å²) in [5.74, 6) is 0.0269. The first-order valence-electron chi connectivity index (χ1n) is 7.74. The van der Waals surface area contributed by atoms with Gasteiger partial charge in [-0.1, -0.05) is 52.6 Å². The molecule has 0 saturated carbocycles. The molecule has 0 saturated heterocycles. The van der Waals surface area contributed by atoms with Crippen molar-refractivity contribution in [2.75, 3.05) is 13.1 Å². The van der Waals surface area contributed by atoms with Crippen molar-refractivity contribution in [3.63, 3.8) is 0 Å². The number of rotatable bonds is 4. The third kappa shape index (κ3) is 4.55. The minimum atomic E-state index is -0.598. The number of benzene rings is 2. The number of halogens is 3. The van der Waals surface area contributed by atoms with Crippen LogP contribution in [0.25, 0.3) is 0 Å². The Hall–Kier alpha value is -1.80. The standard InChI is InChI=1S/C17H12Cl3N3O3S/c18-11-2-4-15(23(25)26)12(8-11)16(24)22-6-5-21-17(22)27-9-10-1-3-13(19)14(20)7-10/h1-4,7-8H,5-6,9H2. The van der Waals surface area contributed by atoms with E-state index in [1.165, 1.54) is 34.9 Å². The Balaban J connectivity index is 1.78. The highest BCUT2D eigenvalue weighted by Gasteiger charge is 2.30. The summed E-state index contributed by atoms with van der Waals surface area (Å²) in [6, 6.07) is 9.21. The van der Waals surface area contributed by atoms with Crippen LogP contribution in [0.2, 0.25) is 15.1 Å². The molecule has 1 heterocycles. The summed E-state index contributed by atoms with van der Waals surface area (Å²) in [4.78, 5) is 29.3. The molecule has 1 aliphatic rings. The summed E-state index contributed by atoms with van der Waals surface area (Å²) in [6.45, 7) is 0.788. The summed E-state index contributed by atoms with van der Waals surface area (Å²) < 4.78 is 0. The molecule has 2 aromatic carbocycles. The summed E-state index contributed by atoms with van der Waals surface area (Å²) in [6.07, 6.45) is 0. The number of hydrogen-bond donors (Lipinski definition) is 0. The first-order valence-corrected chi connectivity index (χ1v) is 9.86. The average molecular weight is 445 g/mol. The van der Waals surface area contributed by atoms with Crippen LogP contribution < -0.4 is 0 Å². The molecule has 0 aromatic heterocycles. The SMILES string of the molecule is O=C(c1cc(Cl)ccc1[N+](=O)[O-])N1CCN=C1SCc1ccc(Cl)c(Cl)c1. The first-order chi connectivity index (χ1) is 12.9. The molecule has 6 nitrogen and oxygen atoms in total. The largest absolute Gasteiger partial charge is 0.285 e. The molecule has 0 atom stereocenters. The molecule has 2 aromatic rings. The van der Waals surface area contributed by atoms with Crippen LogP contribution in [0.4, 0.5) is 5.69 Å². The lowest BCUT2D eigenvalue weighted by Gasteiger charge is -2.18. The van der Waals surface area contributed by atoms with Gasteiger partial charge in [0, 0.05) is 23.4 Å². The van der Waals surface area contributed by atoms with Gasteiger partial charge in [0.2, 0.25) is 0 Å². The van der Waals surface area contributed by atoms with Crippen molar-refractivity contribution in [1.29, 1.82) is 0 Å². The van der Waals surface area contributed by atoms with Crippen LogP contribution in [0.15, 0.2) is 41.4 Å². The lowest BCUT2D eigenvalue weighted by molar-refractivity contribution is -0.385. The van der Waals surface area contributed by atoms with Crippen molar-refractivity contribution < 1.29 is 9.72 Å². The number of amides is 1. The monoisotopic (exact) mass is 443 g/mol. The summed E-state index contributed by atoms with van der Waals surface area (Å²) >= 11 is 19.2. The second kappa shape index (κ2) is 8.48. The van der Waals surface area contributed by atoms with Gasteiger partial charge in [0.25, 0.3) is 11.6 Å². The number of aliphatic imine (C=N–C) groups is 1. The Labute approximate surface area is 174 Å². The fourth-order valence-corrected chi connectivity index (χ4v) is 3.98. The van der Waals surface area contributed by atoms with Crippen LogP contribution in [0.1, 0.15) is 15.9 Å². The quantitative estimate of drug-likeness (QED) is 0.473. The Bertz CT molecular complexity index is 952. The normalized spacial score (nSPS) is 13.6. The van der Waals surface area contributed by atoms with Crippen LogP contribution in [-0.2, 0) is 5.75 Å². The molecule has 0 bridgehead atoms. The van der Waals surface area contributed by atoms with Gasteiger partial charge in [0.05, 0.1) is 21.5 Å². The zero-order valence-electron chi connectivity index (χ0n) is 13.7. The van der Waals surface area contributed by atoms with Crippen molar-refractivity contribution >= 4 is 63.3 Å². The molecule has 3 rings (SSSR count). The second-order valence-electron chi connectivity index (χ2n) is 5.58. The van der Waals surface area contributed by atoms with Crippen molar-refractivity contribution in [2.45, 2.75) is 5.75 Å². The molecule has 0 N–H and O–H groups in total. The second-order valence-corrected chi connectivity index (χ2v) is 7.77. The fraction of sp³-hybridized carbons (Fsp3) is 0.176. The maximum absolute atomic E-state index is 12.9. The van der Waals surface area contributed by atoms with Crippen molar-refractivity contribution in [1.82, 2.24) is 4.90 Å². The molecule has 0 spiro atoms. The van der Waals surface area contributed by atoms with E-state index < -0.39 is 10.8 Å².